The molecule has 0 aliphatic rings. The highest BCUT2D eigenvalue weighted by atomic mass is 79.9. The van der Waals surface area contributed by atoms with E-state index in [0.717, 1.165) is 29.4 Å². The van der Waals surface area contributed by atoms with Gasteiger partial charge in [0.2, 0.25) is 0 Å². The molecule has 0 saturated heterocycles. The molecule has 2 aromatic carbocycles. The van der Waals surface area contributed by atoms with Crippen LogP contribution in [-0.2, 0) is 6.42 Å². The van der Waals surface area contributed by atoms with E-state index in [2.05, 4.69) is 59.4 Å². The number of hydrogen-bond donors (Lipinski definition) is 1. The molecule has 2 rings (SSSR count). The smallest absolute Gasteiger partial charge is 0.123 e. The number of halogens is 2. The van der Waals surface area contributed by atoms with Crippen molar-refractivity contribution in [2.24, 2.45) is 0 Å². The highest BCUT2D eigenvalue weighted by Crippen LogP contribution is 2.30. The quantitative estimate of drug-likeness (QED) is 0.751. The van der Waals surface area contributed by atoms with Crippen molar-refractivity contribution in [3.05, 3.63) is 69.4 Å². The van der Waals surface area contributed by atoms with Crippen LogP contribution >= 0.6 is 15.9 Å². The van der Waals surface area contributed by atoms with Gasteiger partial charge in [0.15, 0.2) is 0 Å². The second kappa shape index (κ2) is 7.71. The molecule has 1 atom stereocenters. The van der Waals surface area contributed by atoms with Gasteiger partial charge in [0.25, 0.3) is 0 Å². The fourth-order valence-corrected chi connectivity index (χ4v) is 2.90. The molecular weight excluding hydrogens is 329 g/mol. The number of rotatable bonds is 6. The van der Waals surface area contributed by atoms with Gasteiger partial charge in [0.1, 0.15) is 5.82 Å². The molecule has 0 aliphatic carbocycles. The van der Waals surface area contributed by atoms with E-state index >= 15 is 0 Å². The fourth-order valence-electron chi connectivity index (χ4n) is 2.42. The number of nitrogens with one attached hydrogen (secondary N) is 1. The molecule has 3 heteroatoms. The maximum absolute atomic E-state index is 13.6. The molecule has 1 unspecified atom stereocenters. The van der Waals surface area contributed by atoms with Gasteiger partial charge in [-0.2, -0.15) is 0 Å². The van der Waals surface area contributed by atoms with E-state index in [9.17, 15) is 4.39 Å². The Morgan fingerprint density at radius 2 is 1.95 bits per heavy atom. The van der Waals surface area contributed by atoms with Crippen LogP contribution in [0.4, 0.5) is 4.39 Å². The van der Waals surface area contributed by atoms with E-state index in [4.69, 9.17) is 0 Å². The van der Waals surface area contributed by atoms with E-state index in [0.29, 0.717) is 0 Å². The highest BCUT2D eigenvalue weighted by molar-refractivity contribution is 9.10. The number of benzene rings is 2. The SMILES string of the molecule is CCCNC(c1cccc(CC)c1)c1cc(F)ccc1Br. The maximum atomic E-state index is 13.6. The minimum absolute atomic E-state index is 0.00141. The second-order valence-electron chi connectivity index (χ2n) is 5.15. The molecule has 0 fully saturated rings. The Hall–Kier alpha value is -1.19. The summed E-state index contributed by atoms with van der Waals surface area (Å²) in [4.78, 5) is 0. The summed E-state index contributed by atoms with van der Waals surface area (Å²) in [6.45, 7) is 5.17. The van der Waals surface area contributed by atoms with Gasteiger partial charge in [-0.05, 0) is 54.3 Å². The summed E-state index contributed by atoms with van der Waals surface area (Å²) in [6, 6.07) is 13.4. The van der Waals surface area contributed by atoms with Crippen LogP contribution in [0.1, 0.15) is 43.0 Å². The van der Waals surface area contributed by atoms with E-state index < -0.39 is 0 Å². The molecule has 0 aromatic heterocycles. The predicted octanol–water partition coefficient (Wildman–Crippen LogP) is 5.24. The van der Waals surface area contributed by atoms with Gasteiger partial charge in [-0.25, -0.2) is 4.39 Å². The van der Waals surface area contributed by atoms with Crippen LogP contribution in [0.5, 0.6) is 0 Å². The maximum Gasteiger partial charge on any atom is 0.123 e. The zero-order valence-corrected chi connectivity index (χ0v) is 14.1. The summed E-state index contributed by atoms with van der Waals surface area (Å²) in [7, 11) is 0. The van der Waals surface area contributed by atoms with Crippen molar-refractivity contribution in [3.8, 4) is 0 Å². The zero-order chi connectivity index (χ0) is 15.2. The molecule has 0 heterocycles. The van der Waals surface area contributed by atoms with Crippen molar-refractivity contribution in [1.29, 1.82) is 0 Å². The third kappa shape index (κ3) is 4.14. The van der Waals surface area contributed by atoms with Gasteiger partial charge < -0.3 is 5.32 Å². The highest BCUT2D eigenvalue weighted by Gasteiger charge is 2.17. The lowest BCUT2D eigenvalue weighted by Crippen LogP contribution is -2.23. The molecule has 0 spiro atoms. The standard InChI is InChI=1S/C18H21BrFN/c1-3-10-21-18(14-7-5-6-13(4-2)11-14)16-12-15(20)8-9-17(16)19/h5-9,11-12,18,21H,3-4,10H2,1-2H3. The first-order valence-electron chi connectivity index (χ1n) is 7.42. The molecular formula is C18H21BrFN. The number of aryl methyl sites for hydroxylation is 1. The first-order chi connectivity index (χ1) is 10.2. The minimum Gasteiger partial charge on any atom is -0.306 e. The molecule has 1 nitrogen and oxygen atoms in total. The van der Waals surface area contributed by atoms with Gasteiger partial charge in [-0.1, -0.05) is 54.0 Å². The van der Waals surface area contributed by atoms with E-state index in [1.807, 2.05) is 0 Å². The Labute approximate surface area is 134 Å². The van der Waals surface area contributed by atoms with Crippen molar-refractivity contribution in [2.75, 3.05) is 6.54 Å². The predicted molar refractivity (Wildman–Crippen MR) is 90.1 cm³/mol. The lowest BCUT2D eigenvalue weighted by Gasteiger charge is -2.21. The number of hydrogen-bond acceptors (Lipinski definition) is 1. The van der Waals surface area contributed by atoms with Crippen LogP contribution < -0.4 is 5.32 Å². The van der Waals surface area contributed by atoms with Crippen molar-refractivity contribution in [1.82, 2.24) is 5.32 Å². The van der Waals surface area contributed by atoms with Gasteiger partial charge in [0, 0.05) is 4.47 Å². The largest absolute Gasteiger partial charge is 0.306 e. The van der Waals surface area contributed by atoms with E-state index in [1.165, 1.54) is 17.2 Å². The molecule has 0 bridgehead atoms. The summed E-state index contributed by atoms with van der Waals surface area (Å²) in [5, 5.41) is 3.52. The average molecular weight is 350 g/mol. The third-order valence-electron chi connectivity index (χ3n) is 3.56. The van der Waals surface area contributed by atoms with E-state index in [1.54, 1.807) is 12.1 Å². The normalized spacial score (nSPS) is 12.4. The summed E-state index contributed by atoms with van der Waals surface area (Å²) in [5.41, 5.74) is 3.41. The van der Waals surface area contributed by atoms with Crippen LogP contribution in [-0.4, -0.2) is 6.54 Å². The van der Waals surface area contributed by atoms with Crippen LogP contribution in [0, 0.1) is 5.82 Å². The Kier molecular flexibility index (Phi) is 5.95. The van der Waals surface area contributed by atoms with Crippen LogP contribution in [0.2, 0.25) is 0 Å². The first kappa shape index (κ1) is 16.2. The van der Waals surface area contributed by atoms with E-state index in [-0.39, 0.29) is 11.9 Å². The Morgan fingerprint density at radius 1 is 1.14 bits per heavy atom. The van der Waals surface area contributed by atoms with Crippen LogP contribution in [0.15, 0.2) is 46.9 Å². The van der Waals surface area contributed by atoms with Crippen molar-refractivity contribution in [3.63, 3.8) is 0 Å². The van der Waals surface area contributed by atoms with Gasteiger partial charge in [-0.3, -0.25) is 0 Å². The topological polar surface area (TPSA) is 12.0 Å². The summed E-state index contributed by atoms with van der Waals surface area (Å²) < 4.78 is 14.6. The summed E-state index contributed by atoms with van der Waals surface area (Å²) in [5.74, 6) is -0.205. The zero-order valence-electron chi connectivity index (χ0n) is 12.5. The Balaban J connectivity index is 2.44. The molecule has 21 heavy (non-hydrogen) atoms. The van der Waals surface area contributed by atoms with Crippen molar-refractivity contribution < 1.29 is 4.39 Å². The van der Waals surface area contributed by atoms with Crippen LogP contribution in [0.25, 0.3) is 0 Å². The molecule has 112 valence electrons. The first-order valence-corrected chi connectivity index (χ1v) is 8.22. The van der Waals surface area contributed by atoms with Gasteiger partial charge >= 0.3 is 0 Å². The molecule has 1 N–H and O–H groups in total. The Bertz CT molecular complexity index is 598. The van der Waals surface area contributed by atoms with Crippen molar-refractivity contribution in [2.45, 2.75) is 32.7 Å². The lowest BCUT2D eigenvalue weighted by molar-refractivity contribution is 0.583. The minimum atomic E-state index is -0.205. The Morgan fingerprint density at radius 3 is 2.67 bits per heavy atom. The van der Waals surface area contributed by atoms with Gasteiger partial charge in [-0.15, -0.1) is 0 Å². The molecule has 0 amide bonds. The molecule has 0 saturated carbocycles. The molecule has 2 aromatic rings. The summed E-state index contributed by atoms with van der Waals surface area (Å²) >= 11 is 3.55. The average Bonchev–Trinajstić information content (AvgIpc) is 2.51. The lowest BCUT2D eigenvalue weighted by atomic mass is 9.96. The molecule has 0 radical (unpaired) electrons. The van der Waals surface area contributed by atoms with Gasteiger partial charge in [0.05, 0.1) is 6.04 Å². The second-order valence-corrected chi connectivity index (χ2v) is 6.01. The monoisotopic (exact) mass is 349 g/mol. The third-order valence-corrected chi connectivity index (χ3v) is 4.28. The van der Waals surface area contributed by atoms with Crippen molar-refractivity contribution >= 4 is 15.9 Å². The summed E-state index contributed by atoms with van der Waals surface area (Å²) in [6.07, 6.45) is 2.04. The fraction of sp³-hybridized carbons (Fsp3) is 0.333. The van der Waals surface area contributed by atoms with Crippen LogP contribution in [0.3, 0.4) is 0 Å². The molecule has 0 aliphatic heterocycles.